The van der Waals surface area contributed by atoms with Crippen LogP contribution in [-0.4, -0.2) is 69.7 Å². The molecule has 0 spiro atoms. The molecule has 0 saturated carbocycles. The molecule has 2 aliphatic heterocycles. The fourth-order valence-corrected chi connectivity index (χ4v) is 4.58. The minimum absolute atomic E-state index is 0.116. The van der Waals surface area contributed by atoms with Crippen LogP contribution in [-0.2, 0) is 6.54 Å². The first-order valence-corrected chi connectivity index (χ1v) is 11.8. The van der Waals surface area contributed by atoms with Crippen molar-refractivity contribution >= 4 is 16.8 Å². The van der Waals surface area contributed by atoms with Gasteiger partial charge in [0.1, 0.15) is 0 Å². The van der Waals surface area contributed by atoms with Crippen LogP contribution in [0.3, 0.4) is 0 Å². The Hall–Kier alpha value is -3.21. The van der Waals surface area contributed by atoms with Gasteiger partial charge in [0.05, 0.1) is 12.1 Å². The van der Waals surface area contributed by atoms with Gasteiger partial charge in [-0.3, -0.25) is 24.7 Å². The number of fused-ring (bicyclic) bond motifs is 1. The Morgan fingerprint density at radius 2 is 1.97 bits per heavy atom. The molecule has 33 heavy (non-hydrogen) atoms. The van der Waals surface area contributed by atoms with Gasteiger partial charge < -0.3 is 5.32 Å². The minimum Gasteiger partial charge on any atom is -0.348 e. The van der Waals surface area contributed by atoms with Gasteiger partial charge in [0.15, 0.2) is 5.69 Å². The van der Waals surface area contributed by atoms with E-state index >= 15 is 0 Å². The van der Waals surface area contributed by atoms with Crippen LogP contribution in [0.4, 0.5) is 0 Å². The third-order valence-corrected chi connectivity index (χ3v) is 6.66. The number of rotatable bonds is 6. The third kappa shape index (κ3) is 4.92. The predicted octanol–water partition coefficient (Wildman–Crippen LogP) is 3.05. The van der Waals surface area contributed by atoms with Crippen molar-refractivity contribution in [3.63, 3.8) is 0 Å². The average molecular weight is 443 g/mol. The molecule has 2 aliphatic rings. The summed E-state index contributed by atoms with van der Waals surface area (Å²) in [5.41, 5.74) is 4.64. The van der Waals surface area contributed by atoms with Gasteiger partial charge in [-0.2, -0.15) is 5.10 Å². The van der Waals surface area contributed by atoms with E-state index < -0.39 is 0 Å². The molecular weight excluding hydrogens is 412 g/mol. The predicted molar refractivity (Wildman–Crippen MR) is 130 cm³/mol. The van der Waals surface area contributed by atoms with Crippen LogP contribution < -0.4 is 5.32 Å². The second-order valence-corrected chi connectivity index (χ2v) is 8.99. The van der Waals surface area contributed by atoms with Gasteiger partial charge >= 0.3 is 0 Å². The van der Waals surface area contributed by atoms with E-state index in [1.807, 2.05) is 31.5 Å². The van der Waals surface area contributed by atoms with Gasteiger partial charge in [0.25, 0.3) is 5.91 Å². The molecule has 2 fully saturated rings. The maximum Gasteiger partial charge on any atom is 0.272 e. The largest absolute Gasteiger partial charge is 0.348 e. The Bertz CT molecular complexity index is 1190. The molecule has 170 valence electrons. The number of amides is 1. The van der Waals surface area contributed by atoms with Crippen LogP contribution in [0.2, 0.25) is 0 Å². The molecule has 1 amide bonds. The van der Waals surface area contributed by atoms with Crippen LogP contribution in [0, 0.1) is 11.8 Å². The summed E-state index contributed by atoms with van der Waals surface area (Å²) < 4.78 is 0. The molecule has 2 saturated heterocycles. The highest BCUT2D eigenvalue weighted by molar-refractivity contribution is 6.05. The number of aromatic nitrogens is 3. The van der Waals surface area contributed by atoms with Gasteiger partial charge in [0, 0.05) is 49.0 Å². The smallest absolute Gasteiger partial charge is 0.272 e. The molecule has 0 atom stereocenters. The summed E-state index contributed by atoms with van der Waals surface area (Å²) in [7, 11) is 0. The molecule has 1 aromatic carbocycles. The average Bonchev–Trinajstić information content (AvgIpc) is 3.25. The van der Waals surface area contributed by atoms with Crippen LogP contribution in [0.1, 0.15) is 42.2 Å². The number of likely N-dealkylation sites (tertiary alicyclic amines) is 2. The van der Waals surface area contributed by atoms with E-state index in [0.29, 0.717) is 5.69 Å². The fraction of sp³-hybridized carbons (Fsp3) is 0.423. The minimum atomic E-state index is -0.116. The van der Waals surface area contributed by atoms with Crippen LogP contribution in [0.25, 0.3) is 22.0 Å². The number of nitrogens with zero attached hydrogens (tertiary/aromatic N) is 4. The molecular formula is C26H30N6O. The number of pyridine rings is 1. The maximum absolute atomic E-state index is 13.1. The molecule has 7 heteroatoms. The molecule has 2 N–H and O–H groups in total. The first-order valence-electron chi connectivity index (χ1n) is 11.8. The van der Waals surface area contributed by atoms with Gasteiger partial charge in [-0.15, -0.1) is 5.92 Å². The molecule has 5 rings (SSSR count). The highest BCUT2D eigenvalue weighted by Gasteiger charge is 2.23. The second kappa shape index (κ2) is 9.74. The Morgan fingerprint density at radius 3 is 2.73 bits per heavy atom. The number of H-pyrrole nitrogens is 1. The van der Waals surface area contributed by atoms with Crippen molar-refractivity contribution in [2.75, 3.05) is 32.7 Å². The third-order valence-electron chi connectivity index (χ3n) is 6.66. The number of carbonyl (C=O) groups excluding carboxylic acids is 1. The van der Waals surface area contributed by atoms with E-state index in [1.54, 1.807) is 0 Å². The Kier molecular flexibility index (Phi) is 6.38. The van der Waals surface area contributed by atoms with E-state index in [9.17, 15) is 4.79 Å². The van der Waals surface area contributed by atoms with Crippen LogP contribution in [0.5, 0.6) is 0 Å². The number of carbonyl (C=O) groups is 1. The number of nitrogens with one attached hydrogen (secondary N) is 2. The molecule has 4 heterocycles. The molecule has 0 radical (unpaired) electrons. The van der Waals surface area contributed by atoms with Crippen molar-refractivity contribution in [3.05, 3.63) is 47.9 Å². The van der Waals surface area contributed by atoms with E-state index in [1.165, 1.54) is 12.0 Å². The highest BCUT2D eigenvalue weighted by Crippen LogP contribution is 2.26. The first kappa shape index (κ1) is 21.6. The zero-order valence-electron chi connectivity index (χ0n) is 19.1. The van der Waals surface area contributed by atoms with Gasteiger partial charge in [0.2, 0.25) is 0 Å². The fourth-order valence-electron chi connectivity index (χ4n) is 4.58. The van der Waals surface area contributed by atoms with Crippen molar-refractivity contribution in [1.29, 1.82) is 0 Å². The maximum atomic E-state index is 13.1. The SMILES string of the molecule is CC#CCN1CCC(NC(=O)c2n[nH]c3ccc(-c4cncc(CN5CCC5)c4)cc23)CC1. The number of aromatic amines is 1. The lowest BCUT2D eigenvalue weighted by atomic mass is 10.0. The Labute approximate surface area is 194 Å². The molecule has 0 bridgehead atoms. The van der Waals surface area contributed by atoms with Crippen molar-refractivity contribution in [1.82, 2.24) is 30.3 Å². The van der Waals surface area contributed by atoms with Gasteiger partial charge in [-0.25, -0.2) is 0 Å². The summed E-state index contributed by atoms with van der Waals surface area (Å²) >= 11 is 0. The molecule has 3 aromatic rings. The molecule has 0 unspecified atom stereocenters. The molecule has 0 aliphatic carbocycles. The monoisotopic (exact) mass is 442 g/mol. The van der Waals surface area contributed by atoms with Crippen molar-refractivity contribution in [2.24, 2.45) is 0 Å². The number of hydrogen-bond donors (Lipinski definition) is 2. The van der Waals surface area contributed by atoms with E-state index in [2.05, 4.69) is 54.3 Å². The molecule has 2 aromatic heterocycles. The van der Waals surface area contributed by atoms with Gasteiger partial charge in [-0.1, -0.05) is 12.0 Å². The molecule has 7 nitrogen and oxygen atoms in total. The first-order chi connectivity index (χ1) is 16.2. The lowest BCUT2D eigenvalue weighted by Gasteiger charge is -2.30. The lowest BCUT2D eigenvalue weighted by Crippen LogP contribution is -2.44. The number of piperidine rings is 1. The topological polar surface area (TPSA) is 77.1 Å². The van der Waals surface area contributed by atoms with Crippen molar-refractivity contribution < 1.29 is 4.79 Å². The summed E-state index contributed by atoms with van der Waals surface area (Å²) in [5, 5.41) is 11.4. The number of hydrogen-bond acceptors (Lipinski definition) is 5. The summed E-state index contributed by atoms with van der Waals surface area (Å²) in [5.74, 6) is 5.95. The zero-order valence-corrected chi connectivity index (χ0v) is 19.1. The second-order valence-electron chi connectivity index (χ2n) is 8.99. The van der Waals surface area contributed by atoms with Crippen molar-refractivity contribution in [3.8, 4) is 23.0 Å². The van der Waals surface area contributed by atoms with Crippen LogP contribution >= 0.6 is 0 Å². The zero-order chi connectivity index (χ0) is 22.6. The Balaban J connectivity index is 1.30. The summed E-state index contributed by atoms with van der Waals surface area (Å²) in [4.78, 5) is 22.3. The quantitative estimate of drug-likeness (QED) is 0.574. The van der Waals surface area contributed by atoms with Crippen molar-refractivity contribution in [2.45, 2.75) is 38.8 Å². The summed E-state index contributed by atoms with van der Waals surface area (Å²) in [6.07, 6.45) is 6.97. The lowest BCUT2D eigenvalue weighted by molar-refractivity contribution is 0.0911. The summed E-state index contributed by atoms with van der Waals surface area (Å²) in [6, 6.07) is 8.46. The normalized spacial score (nSPS) is 17.4. The standard InChI is InChI=1S/C26H30N6O/c1-2-3-9-31-12-7-22(8-13-31)28-26(33)25-23-15-20(5-6-24(23)29-30-25)21-14-19(16-27-17-21)18-32-10-4-11-32/h5-6,14-17,22H,4,7-13,18H2,1H3,(H,28,33)(H,29,30). The van der Waals surface area contributed by atoms with E-state index in [4.69, 9.17) is 0 Å². The summed E-state index contributed by atoms with van der Waals surface area (Å²) in [6.45, 7) is 7.83. The van der Waals surface area contributed by atoms with E-state index in [-0.39, 0.29) is 11.9 Å². The number of benzene rings is 1. The van der Waals surface area contributed by atoms with Gasteiger partial charge in [-0.05, 0) is 68.6 Å². The van der Waals surface area contributed by atoms with Crippen LogP contribution in [0.15, 0.2) is 36.7 Å². The highest BCUT2D eigenvalue weighted by atomic mass is 16.2. The van der Waals surface area contributed by atoms with E-state index in [0.717, 1.165) is 74.1 Å². The Morgan fingerprint density at radius 1 is 1.12 bits per heavy atom.